The van der Waals surface area contributed by atoms with Gasteiger partial charge in [0.15, 0.2) is 0 Å². The molecule has 110 valence electrons. The average molecular weight is 315 g/mol. The fraction of sp³-hybridized carbons (Fsp3) is 0. The molecule has 0 fully saturated rings. The van der Waals surface area contributed by atoms with Crippen molar-refractivity contribution in [3.8, 4) is 5.88 Å². The molecule has 0 saturated heterocycles. The van der Waals surface area contributed by atoms with E-state index in [9.17, 15) is 19.4 Å². The summed E-state index contributed by atoms with van der Waals surface area (Å²) in [6, 6.07) is 12.6. The van der Waals surface area contributed by atoms with Crippen LogP contribution in [0.4, 0.5) is 4.39 Å². The van der Waals surface area contributed by atoms with Gasteiger partial charge in [-0.2, -0.15) is 0 Å². The first-order valence-electron chi connectivity index (χ1n) is 6.34. The number of rotatable bonds is 3. The van der Waals surface area contributed by atoms with Crippen molar-refractivity contribution in [2.45, 2.75) is 9.79 Å². The Morgan fingerprint density at radius 1 is 1.14 bits per heavy atom. The summed E-state index contributed by atoms with van der Waals surface area (Å²) in [5.74, 6) is -2.18. The van der Waals surface area contributed by atoms with Crippen molar-refractivity contribution >= 4 is 28.6 Å². The molecule has 0 aliphatic rings. The van der Waals surface area contributed by atoms with E-state index in [1.54, 1.807) is 24.3 Å². The summed E-state index contributed by atoms with van der Waals surface area (Å²) in [5, 5.41) is 19.7. The van der Waals surface area contributed by atoms with Gasteiger partial charge >= 0.3 is 5.97 Å². The van der Waals surface area contributed by atoms with Crippen LogP contribution in [0.1, 0.15) is 10.4 Å². The second-order valence-electron chi connectivity index (χ2n) is 4.52. The quantitative estimate of drug-likeness (QED) is 0.766. The van der Waals surface area contributed by atoms with E-state index in [0.29, 0.717) is 0 Å². The van der Waals surface area contributed by atoms with Gasteiger partial charge < -0.3 is 10.2 Å². The summed E-state index contributed by atoms with van der Waals surface area (Å²) in [6.07, 6.45) is 0. The largest absolute Gasteiger partial charge is 0.492 e. The molecule has 0 bridgehead atoms. The molecule has 1 heterocycles. The van der Waals surface area contributed by atoms with E-state index in [1.807, 2.05) is 6.07 Å². The Hall–Kier alpha value is -2.60. The molecule has 3 aromatic rings. The monoisotopic (exact) mass is 315 g/mol. The number of pyridine rings is 1. The Labute approximate surface area is 129 Å². The lowest BCUT2D eigenvalue weighted by molar-refractivity contribution is 0.0694. The van der Waals surface area contributed by atoms with E-state index in [-0.39, 0.29) is 27.2 Å². The molecule has 0 atom stereocenters. The highest BCUT2D eigenvalue weighted by Gasteiger charge is 2.21. The molecule has 0 aliphatic heterocycles. The number of carbonyl (C=O) groups is 1. The second kappa shape index (κ2) is 5.65. The maximum absolute atomic E-state index is 13.4. The molecule has 1 aromatic heterocycles. The van der Waals surface area contributed by atoms with Gasteiger partial charge in [0.1, 0.15) is 5.82 Å². The maximum atomic E-state index is 13.4. The lowest BCUT2D eigenvalue weighted by Gasteiger charge is -2.11. The van der Waals surface area contributed by atoms with Crippen LogP contribution in [0.25, 0.3) is 10.9 Å². The van der Waals surface area contributed by atoms with Crippen molar-refractivity contribution in [1.82, 2.24) is 4.98 Å². The number of hydrogen-bond acceptors (Lipinski definition) is 4. The van der Waals surface area contributed by atoms with Crippen LogP contribution in [0.3, 0.4) is 0 Å². The van der Waals surface area contributed by atoms with Crippen molar-refractivity contribution in [2.75, 3.05) is 0 Å². The first kappa shape index (κ1) is 14.3. The summed E-state index contributed by atoms with van der Waals surface area (Å²) in [4.78, 5) is 16.4. The third-order valence-electron chi connectivity index (χ3n) is 3.06. The second-order valence-corrected chi connectivity index (χ2v) is 5.61. The van der Waals surface area contributed by atoms with Gasteiger partial charge in [0, 0.05) is 10.3 Å². The molecule has 0 aliphatic carbocycles. The number of nitrogens with zero attached hydrogens (tertiary/aromatic N) is 1. The van der Waals surface area contributed by atoms with Gasteiger partial charge in [-0.25, -0.2) is 14.2 Å². The highest BCUT2D eigenvalue weighted by Crippen LogP contribution is 2.39. The first-order chi connectivity index (χ1) is 10.6. The van der Waals surface area contributed by atoms with Crippen LogP contribution in [-0.2, 0) is 0 Å². The number of aromatic carboxylic acids is 1. The van der Waals surface area contributed by atoms with Crippen molar-refractivity contribution in [2.24, 2.45) is 0 Å². The lowest BCUT2D eigenvalue weighted by atomic mass is 10.1. The van der Waals surface area contributed by atoms with Crippen LogP contribution < -0.4 is 0 Å². The van der Waals surface area contributed by atoms with Gasteiger partial charge in [-0.05, 0) is 30.3 Å². The zero-order chi connectivity index (χ0) is 15.7. The fourth-order valence-corrected chi connectivity index (χ4v) is 3.09. The molecule has 0 amide bonds. The molecule has 3 rings (SSSR count). The molecule has 0 unspecified atom stereocenters. The van der Waals surface area contributed by atoms with Crippen LogP contribution in [0, 0.1) is 5.82 Å². The zero-order valence-electron chi connectivity index (χ0n) is 11.2. The van der Waals surface area contributed by atoms with E-state index < -0.39 is 11.8 Å². The topological polar surface area (TPSA) is 70.4 Å². The van der Waals surface area contributed by atoms with Gasteiger partial charge in [0.05, 0.1) is 16.0 Å². The van der Waals surface area contributed by atoms with Crippen LogP contribution in [0.15, 0.2) is 58.3 Å². The Morgan fingerprint density at radius 3 is 2.55 bits per heavy atom. The Bertz CT molecular complexity index is 868. The summed E-state index contributed by atoms with van der Waals surface area (Å²) < 4.78 is 13.4. The number of carboxylic acids is 1. The van der Waals surface area contributed by atoms with Crippen LogP contribution in [0.5, 0.6) is 5.88 Å². The summed E-state index contributed by atoms with van der Waals surface area (Å²) in [6.45, 7) is 0. The average Bonchev–Trinajstić information content (AvgIpc) is 2.49. The number of benzene rings is 2. The van der Waals surface area contributed by atoms with Gasteiger partial charge in [-0.3, -0.25) is 0 Å². The van der Waals surface area contributed by atoms with Crippen LogP contribution in [0.2, 0.25) is 0 Å². The predicted molar refractivity (Wildman–Crippen MR) is 80.9 cm³/mol. The molecule has 22 heavy (non-hydrogen) atoms. The molecule has 4 nitrogen and oxygen atoms in total. The highest BCUT2D eigenvalue weighted by atomic mass is 32.2. The molecular formula is C16H10FNO3S. The molecule has 6 heteroatoms. The summed E-state index contributed by atoms with van der Waals surface area (Å²) in [7, 11) is 0. The molecular weight excluding hydrogens is 305 g/mol. The zero-order valence-corrected chi connectivity index (χ0v) is 12.0. The normalized spacial score (nSPS) is 10.8. The first-order valence-corrected chi connectivity index (χ1v) is 7.16. The Balaban J connectivity index is 2.26. The van der Waals surface area contributed by atoms with Crippen LogP contribution >= 0.6 is 11.8 Å². The minimum absolute atomic E-state index is 0.0943. The molecule has 0 saturated carbocycles. The van der Waals surface area contributed by atoms with Crippen molar-refractivity contribution in [1.29, 1.82) is 0 Å². The highest BCUT2D eigenvalue weighted by molar-refractivity contribution is 7.99. The van der Waals surface area contributed by atoms with Crippen molar-refractivity contribution in [3.05, 3.63) is 59.9 Å². The smallest absolute Gasteiger partial charge is 0.337 e. The fourth-order valence-electron chi connectivity index (χ4n) is 2.12. The van der Waals surface area contributed by atoms with Gasteiger partial charge in [-0.1, -0.05) is 30.0 Å². The number of hydrogen-bond donors (Lipinski definition) is 2. The molecule has 0 spiro atoms. The van der Waals surface area contributed by atoms with E-state index >= 15 is 0 Å². The minimum atomic E-state index is -1.24. The number of aromatic nitrogens is 1. The van der Waals surface area contributed by atoms with E-state index in [0.717, 1.165) is 22.7 Å². The van der Waals surface area contributed by atoms with E-state index in [1.165, 1.54) is 12.1 Å². The van der Waals surface area contributed by atoms with Crippen molar-refractivity contribution in [3.63, 3.8) is 0 Å². The molecule has 0 radical (unpaired) electrons. The third kappa shape index (κ3) is 2.60. The number of aromatic hydroxyl groups is 1. The predicted octanol–water partition coefficient (Wildman–Crippen LogP) is 3.93. The van der Waals surface area contributed by atoms with Gasteiger partial charge in [-0.15, -0.1) is 0 Å². The van der Waals surface area contributed by atoms with E-state index in [2.05, 4.69) is 4.98 Å². The van der Waals surface area contributed by atoms with Gasteiger partial charge in [0.25, 0.3) is 0 Å². The van der Waals surface area contributed by atoms with Crippen LogP contribution in [-0.4, -0.2) is 21.2 Å². The minimum Gasteiger partial charge on any atom is -0.492 e. The Kier molecular flexibility index (Phi) is 3.68. The third-order valence-corrected chi connectivity index (χ3v) is 4.16. The number of carboxylic acid groups (broad SMARTS) is 1. The van der Waals surface area contributed by atoms with Gasteiger partial charge in [0.2, 0.25) is 5.88 Å². The number of halogens is 1. The summed E-state index contributed by atoms with van der Waals surface area (Å²) in [5.41, 5.74) is 0.0737. The summed E-state index contributed by atoms with van der Waals surface area (Å²) >= 11 is 1.07. The molecule has 2 aromatic carbocycles. The van der Waals surface area contributed by atoms with E-state index in [4.69, 9.17) is 0 Å². The van der Waals surface area contributed by atoms with Crippen molar-refractivity contribution < 1.29 is 19.4 Å². The maximum Gasteiger partial charge on any atom is 0.337 e. The molecule has 2 N–H and O–H groups in total. The Morgan fingerprint density at radius 2 is 1.86 bits per heavy atom. The SMILES string of the molecule is O=C(O)c1c(Sc2ccccc2)c(O)nc2ccc(F)cc12. The lowest BCUT2D eigenvalue weighted by Crippen LogP contribution is -2.02. The standard InChI is InChI=1S/C16H10FNO3S/c17-9-6-7-12-11(8-9)13(16(20)21)14(15(19)18-12)22-10-4-2-1-3-5-10/h1-8H,(H,18,19)(H,20,21). The number of fused-ring (bicyclic) bond motifs is 1.